The standard InChI is InChI=1S/C20H19N3O4/c21-18(25)16(12-13-6-2-1-3-7-13)22-17(24)10-11-23-19(26)14-8-4-5-9-15(14)20(23)27/h1-9,16H,10-12H2,(H2,21,25)(H,22,24). The van der Waals surface area contributed by atoms with Crippen molar-refractivity contribution in [2.75, 3.05) is 6.54 Å². The van der Waals surface area contributed by atoms with Crippen molar-refractivity contribution in [2.45, 2.75) is 18.9 Å². The summed E-state index contributed by atoms with van der Waals surface area (Å²) in [5.74, 6) is -1.93. The van der Waals surface area contributed by atoms with Crippen molar-refractivity contribution in [1.82, 2.24) is 10.2 Å². The first-order chi connectivity index (χ1) is 13.0. The maximum atomic E-state index is 12.3. The highest BCUT2D eigenvalue weighted by Crippen LogP contribution is 2.22. The van der Waals surface area contributed by atoms with Crippen molar-refractivity contribution in [3.8, 4) is 0 Å². The van der Waals surface area contributed by atoms with Crippen LogP contribution in [0.3, 0.4) is 0 Å². The summed E-state index contributed by atoms with van der Waals surface area (Å²) < 4.78 is 0. The van der Waals surface area contributed by atoms with E-state index in [9.17, 15) is 19.2 Å². The summed E-state index contributed by atoms with van der Waals surface area (Å²) in [5, 5.41) is 2.58. The molecule has 0 spiro atoms. The molecule has 27 heavy (non-hydrogen) atoms. The smallest absolute Gasteiger partial charge is 0.261 e. The first-order valence-electron chi connectivity index (χ1n) is 8.55. The normalized spacial score (nSPS) is 14.0. The summed E-state index contributed by atoms with van der Waals surface area (Å²) in [6.07, 6.45) is 0.166. The minimum Gasteiger partial charge on any atom is -0.368 e. The van der Waals surface area contributed by atoms with Crippen LogP contribution in [0.1, 0.15) is 32.7 Å². The Bertz CT molecular complexity index is 860. The Labute approximate surface area is 156 Å². The number of hydrogen-bond donors (Lipinski definition) is 2. The molecule has 0 fully saturated rings. The lowest BCUT2D eigenvalue weighted by atomic mass is 10.1. The second-order valence-electron chi connectivity index (χ2n) is 6.27. The molecule has 138 valence electrons. The van der Waals surface area contributed by atoms with Crippen LogP contribution in [0, 0.1) is 0 Å². The second kappa shape index (κ2) is 7.82. The van der Waals surface area contributed by atoms with E-state index in [-0.39, 0.29) is 19.4 Å². The van der Waals surface area contributed by atoms with E-state index in [1.807, 2.05) is 30.3 Å². The Morgan fingerprint density at radius 2 is 1.48 bits per heavy atom. The Kier molecular flexibility index (Phi) is 5.30. The quantitative estimate of drug-likeness (QED) is 0.710. The largest absolute Gasteiger partial charge is 0.368 e. The van der Waals surface area contributed by atoms with Crippen LogP contribution in [0.4, 0.5) is 0 Å². The third-order valence-corrected chi connectivity index (χ3v) is 4.40. The molecule has 2 aromatic rings. The fraction of sp³-hybridized carbons (Fsp3) is 0.200. The average Bonchev–Trinajstić information content (AvgIpc) is 2.91. The predicted molar refractivity (Wildman–Crippen MR) is 97.7 cm³/mol. The third kappa shape index (κ3) is 4.03. The number of hydrogen-bond acceptors (Lipinski definition) is 4. The SMILES string of the molecule is NC(=O)C(Cc1ccccc1)NC(=O)CCN1C(=O)c2ccccc2C1=O. The van der Waals surface area contributed by atoms with Gasteiger partial charge in [-0.15, -0.1) is 0 Å². The molecule has 4 amide bonds. The van der Waals surface area contributed by atoms with Gasteiger partial charge in [0.05, 0.1) is 11.1 Å². The van der Waals surface area contributed by atoms with Gasteiger partial charge < -0.3 is 11.1 Å². The summed E-state index contributed by atoms with van der Waals surface area (Å²) in [4.78, 5) is 49.5. The van der Waals surface area contributed by atoms with Crippen molar-refractivity contribution in [3.05, 3.63) is 71.3 Å². The molecular weight excluding hydrogens is 346 g/mol. The van der Waals surface area contributed by atoms with E-state index in [1.54, 1.807) is 24.3 Å². The van der Waals surface area contributed by atoms with E-state index in [1.165, 1.54) is 0 Å². The van der Waals surface area contributed by atoms with Crippen LogP contribution < -0.4 is 11.1 Å². The third-order valence-electron chi connectivity index (χ3n) is 4.40. The molecule has 0 aliphatic carbocycles. The van der Waals surface area contributed by atoms with Gasteiger partial charge >= 0.3 is 0 Å². The Morgan fingerprint density at radius 3 is 2.04 bits per heavy atom. The molecule has 2 aromatic carbocycles. The van der Waals surface area contributed by atoms with Gasteiger partial charge in [0.25, 0.3) is 11.8 Å². The van der Waals surface area contributed by atoms with Gasteiger partial charge in [-0.25, -0.2) is 0 Å². The summed E-state index contributed by atoms with van der Waals surface area (Å²) in [6, 6.07) is 14.8. The monoisotopic (exact) mass is 365 g/mol. The molecule has 1 aliphatic heterocycles. The van der Waals surface area contributed by atoms with E-state index in [4.69, 9.17) is 5.73 Å². The zero-order valence-corrected chi connectivity index (χ0v) is 14.6. The van der Waals surface area contributed by atoms with Gasteiger partial charge in [0.15, 0.2) is 0 Å². The molecule has 0 radical (unpaired) electrons. The molecule has 3 rings (SSSR count). The number of carbonyl (C=O) groups excluding carboxylic acids is 4. The van der Waals surface area contributed by atoms with Crippen LogP contribution in [0.5, 0.6) is 0 Å². The van der Waals surface area contributed by atoms with Gasteiger partial charge in [0, 0.05) is 19.4 Å². The molecular formula is C20H19N3O4. The molecule has 0 bridgehead atoms. The van der Waals surface area contributed by atoms with Crippen molar-refractivity contribution in [1.29, 1.82) is 0 Å². The number of nitrogens with two attached hydrogens (primary N) is 1. The first-order valence-corrected chi connectivity index (χ1v) is 8.55. The molecule has 1 aliphatic rings. The van der Waals surface area contributed by atoms with E-state index >= 15 is 0 Å². The zero-order chi connectivity index (χ0) is 19.4. The van der Waals surface area contributed by atoms with Crippen LogP contribution in [0.15, 0.2) is 54.6 Å². The Morgan fingerprint density at radius 1 is 0.926 bits per heavy atom. The Balaban J connectivity index is 1.58. The fourth-order valence-electron chi connectivity index (χ4n) is 2.99. The summed E-state index contributed by atoms with van der Waals surface area (Å²) >= 11 is 0. The lowest BCUT2D eigenvalue weighted by molar-refractivity contribution is -0.127. The van der Waals surface area contributed by atoms with E-state index in [2.05, 4.69) is 5.32 Å². The van der Waals surface area contributed by atoms with Gasteiger partial charge in [-0.3, -0.25) is 24.1 Å². The van der Waals surface area contributed by atoms with Crippen molar-refractivity contribution >= 4 is 23.6 Å². The number of rotatable bonds is 7. The topological polar surface area (TPSA) is 110 Å². The number of benzene rings is 2. The van der Waals surface area contributed by atoms with Crippen LogP contribution in [-0.4, -0.2) is 41.1 Å². The second-order valence-corrected chi connectivity index (χ2v) is 6.27. The van der Waals surface area contributed by atoms with Crippen LogP contribution >= 0.6 is 0 Å². The highest BCUT2D eigenvalue weighted by atomic mass is 16.2. The van der Waals surface area contributed by atoms with E-state index in [0.29, 0.717) is 11.1 Å². The molecule has 7 nitrogen and oxygen atoms in total. The number of nitrogens with zero attached hydrogens (tertiary/aromatic N) is 1. The average molecular weight is 365 g/mol. The minimum absolute atomic E-state index is 0.0605. The first kappa shape index (κ1) is 18.3. The molecule has 3 N–H and O–H groups in total. The molecule has 1 heterocycles. The summed E-state index contributed by atoms with van der Waals surface area (Å²) in [6.45, 7) is -0.0605. The summed E-state index contributed by atoms with van der Waals surface area (Å²) in [7, 11) is 0. The fourth-order valence-corrected chi connectivity index (χ4v) is 2.99. The number of nitrogens with one attached hydrogen (secondary N) is 1. The van der Waals surface area contributed by atoms with Crippen molar-refractivity contribution in [3.63, 3.8) is 0 Å². The molecule has 0 saturated heterocycles. The maximum Gasteiger partial charge on any atom is 0.261 e. The number of fused-ring (bicyclic) bond motifs is 1. The zero-order valence-electron chi connectivity index (χ0n) is 14.6. The van der Waals surface area contributed by atoms with Gasteiger partial charge in [-0.05, 0) is 17.7 Å². The van der Waals surface area contributed by atoms with Crippen molar-refractivity contribution < 1.29 is 19.2 Å². The highest BCUT2D eigenvalue weighted by Gasteiger charge is 2.35. The lowest BCUT2D eigenvalue weighted by Gasteiger charge is -2.17. The van der Waals surface area contributed by atoms with Crippen LogP contribution in [0.2, 0.25) is 0 Å². The molecule has 1 atom stereocenters. The number of imide groups is 1. The van der Waals surface area contributed by atoms with Gasteiger partial charge in [-0.2, -0.15) is 0 Å². The molecule has 0 saturated carbocycles. The lowest BCUT2D eigenvalue weighted by Crippen LogP contribution is -2.46. The Hall–Kier alpha value is -3.48. The van der Waals surface area contributed by atoms with Gasteiger partial charge in [0.2, 0.25) is 11.8 Å². The molecule has 7 heteroatoms. The van der Waals surface area contributed by atoms with E-state index in [0.717, 1.165) is 10.5 Å². The predicted octanol–water partition coefficient (Wildman–Crippen LogP) is 0.885. The van der Waals surface area contributed by atoms with Crippen LogP contribution in [-0.2, 0) is 16.0 Å². The summed E-state index contributed by atoms with van der Waals surface area (Å²) in [5.41, 5.74) is 6.91. The van der Waals surface area contributed by atoms with Crippen molar-refractivity contribution in [2.24, 2.45) is 5.73 Å². The molecule has 1 unspecified atom stereocenters. The van der Waals surface area contributed by atoms with Gasteiger partial charge in [0.1, 0.15) is 6.04 Å². The van der Waals surface area contributed by atoms with E-state index < -0.39 is 29.7 Å². The number of carbonyl (C=O) groups is 4. The molecule has 0 aromatic heterocycles. The number of primary amides is 1. The van der Waals surface area contributed by atoms with Crippen LogP contribution in [0.25, 0.3) is 0 Å². The number of amides is 4. The van der Waals surface area contributed by atoms with Gasteiger partial charge in [-0.1, -0.05) is 42.5 Å². The highest BCUT2D eigenvalue weighted by molar-refractivity contribution is 6.21. The maximum absolute atomic E-state index is 12.3. The minimum atomic E-state index is -0.859.